The lowest BCUT2D eigenvalue weighted by Gasteiger charge is -2.12. The molecule has 0 amide bonds. The van der Waals surface area contributed by atoms with Gasteiger partial charge >= 0.3 is 0 Å². The van der Waals surface area contributed by atoms with E-state index in [1.807, 2.05) is 18.2 Å². The molecule has 0 atom stereocenters. The van der Waals surface area contributed by atoms with Crippen molar-refractivity contribution < 1.29 is 12.8 Å². The molecule has 1 aromatic heterocycles. The van der Waals surface area contributed by atoms with Crippen molar-refractivity contribution >= 4 is 43.8 Å². The van der Waals surface area contributed by atoms with Crippen molar-refractivity contribution in [3.8, 4) is 0 Å². The maximum Gasteiger partial charge on any atom is 0.266 e. The number of hydrogen-bond donors (Lipinski definition) is 4. The SMILES string of the molecule is NCc1ccccc1CNCCCCNc1cc(F)c(S(=O)(=O)Nc2nccs2)cc1Cl. The fourth-order valence-electron chi connectivity index (χ4n) is 3.06. The van der Waals surface area contributed by atoms with Crippen LogP contribution in [0.4, 0.5) is 15.2 Å². The molecule has 11 heteroatoms. The van der Waals surface area contributed by atoms with E-state index in [1.165, 1.54) is 11.8 Å². The molecule has 0 fully saturated rings. The monoisotopic (exact) mass is 497 g/mol. The Morgan fingerprint density at radius 1 is 1.12 bits per heavy atom. The summed E-state index contributed by atoms with van der Waals surface area (Å²) in [5, 5.41) is 8.35. The summed E-state index contributed by atoms with van der Waals surface area (Å²) in [5.74, 6) is -0.888. The first kappa shape index (κ1) is 24.4. The lowest BCUT2D eigenvalue weighted by atomic mass is 10.1. The van der Waals surface area contributed by atoms with Crippen LogP contribution in [0.2, 0.25) is 5.02 Å². The molecule has 1 heterocycles. The maximum atomic E-state index is 14.5. The Morgan fingerprint density at radius 3 is 2.59 bits per heavy atom. The fourth-order valence-corrected chi connectivity index (χ4v) is 5.23. The van der Waals surface area contributed by atoms with Gasteiger partial charge in [0.2, 0.25) is 0 Å². The van der Waals surface area contributed by atoms with Gasteiger partial charge in [0.1, 0.15) is 10.7 Å². The molecule has 0 bridgehead atoms. The van der Waals surface area contributed by atoms with Crippen molar-refractivity contribution in [3.05, 3.63) is 69.9 Å². The number of benzene rings is 2. The van der Waals surface area contributed by atoms with Crippen LogP contribution in [-0.2, 0) is 23.1 Å². The van der Waals surface area contributed by atoms with Crippen molar-refractivity contribution in [1.29, 1.82) is 0 Å². The second kappa shape index (κ2) is 11.6. The van der Waals surface area contributed by atoms with Gasteiger partial charge in [0.25, 0.3) is 10.0 Å². The van der Waals surface area contributed by atoms with Crippen molar-refractivity contribution in [2.45, 2.75) is 30.8 Å². The molecular formula is C21H25ClFN5O2S2. The Balaban J connectivity index is 1.46. The summed E-state index contributed by atoms with van der Waals surface area (Å²) < 4.78 is 41.6. The number of nitrogens with zero attached hydrogens (tertiary/aromatic N) is 1. The van der Waals surface area contributed by atoms with Crippen molar-refractivity contribution in [1.82, 2.24) is 10.3 Å². The summed E-state index contributed by atoms with van der Waals surface area (Å²) in [6, 6.07) is 10.3. The minimum atomic E-state index is -4.12. The summed E-state index contributed by atoms with van der Waals surface area (Å²) in [5.41, 5.74) is 8.42. The molecule has 0 aliphatic rings. The standard InChI is InChI=1S/C21H25ClFN5O2S2/c22-17-11-20(32(29,30)28-21-27-9-10-31-21)18(23)12-19(17)26-8-4-3-7-25-14-16-6-2-1-5-15(16)13-24/h1-2,5-6,9-12,25-26H,3-4,7-8,13-14,24H2,(H,27,28). The molecule has 3 rings (SSSR count). The number of nitrogens with one attached hydrogen (secondary N) is 3. The van der Waals surface area contributed by atoms with E-state index in [1.54, 1.807) is 5.38 Å². The van der Waals surface area contributed by atoms with Gasteiger partial charge < -0.3 is 16.4 Å². The molecule has 0 unspecified atom stereocenters. The molecule has 5 N–H and O–H groups in total. The summed E-state index contributed by atoms with van der Waals surface area (Å²) in [6.45, 7) is 2.66. The Labute approximate surface area is 196 Å². The number of nitrogens with two attached hydrogens (primary N) is 1. The number of unbranched alkanes of at least 4 members (excludes halogenated alkanes) is 1. The highest BCUT2D eigenvalue weighted by Crippen LogP contribution is 2.29. The predicted molar refractivity (Wildman–Crippen MR) is 128 cm³/mol. The number of rotatable bonds is 12. The minimum absolute atomic E-state index is 0.127. The Kier molecular flexibility index (Phi) is 8.83. The second-order valence-corrected chi connectivity index (χ2v) is 9.94. The largest absolute Gasteiger partial charge is 0.384 e. The Hall–Kier alpha value is -2.24. The smallest absolute Gasteiger partial charge is 0.266 e. The van der Waals surface area contributed by atoms with Crippen molar-refractivity contribution in [2.75, 3.05) is 23.1 Å². The van der Waals surface area contributed by atoms with Gasteiger partial charge in [0.05, 0.1) is 10.7 Å². The van der Waals surface area contributed by atoms with Crippen LogP contribution in [0.15, 0.2) is 52.9 Å². The third-order valence-electron chi connectivity index (χ3n) is 4.71. The molecule has 0 aliphatic heterocycles. The summed E-state index contributed by atoms with van der Waals surface area (Å²) in [7, 11) is -4.12. The van der Waals surface area contributed by atoms with Crippen LogP contribution in [-0.4, -0.2) is 26.5 Å². The van der Waals surface area contributed by atoms with E-state index in [0.717, 1.165) is 55.0 Å². The normalized spacial score (nSPS) is 11.5. The second-order valence-electron chi connectivity index (χ2n) is 6.99. The molecule has 0 saturated heterocycles. The van der Waals surface area contributed by atoms with Crippen LogP contribution in [0.5, 0.6) is 0 Å². The third-order valence-corrected chi connectivity index (χ3v) is 7.20. The van der Waals surface area contributed by atoms with E-state index >= 15 is 0 Å². The number of thiazole rings is 1. The molecule has 172 valence electrons. The highest BCUT2D eigenvalue weighted by atomic mass is 35.5. The fraction of sp³-hybridized carbons (Fsp3) is 0.286. The van der Waals surface area contributed by atoms with Gasteiger partial charge in [-0.2, -0.15) is 0 Å². The van der Waals surface area contributed by atoms with E-state index in [4.69, 9.17) is 17.3 Å². The maximum absolute atomic E-state index is 14.5. The molecule has 0 radical (unpaired) electrons. The van der Waals surface area contributed by atoms with Gasteiger partial charge in [-0.1, -0.05) is 35.9 Å². The van der Waals surface area contributed by atoms with Crippen LogP contribution in [0, 0.1) is 5.82 Å². The molecule has 0 aliphatic carbocycles. The van der Waals surface area contributed by atoms with E-state index in [0.29, 0.717) is 18.8 Å². The molecular weight excluding hydrogens is 473 g/mol. The number of aromatic nitrogens is 1. The predicted octanol–water partition coefficient (Wildman–Crippen LogP) is 4.18. The Bertz CT molecular complexity index is 1130. The average molecular weight is 498 g/mol. The van der Waals surface area contributed by atoms with Crippen LogP contribution < -0.4 is 21.1 Å². The average Bonchev–Trinajstić information content (AvgIpc) is 3.27. The lowest BCUT2D eigenvalue weighted by molar-refractivity contribution is 0.570. The van der Waals surface area contributed by atoms with Gasteiger partial charge in [-0.25, -0.2) is 17.8 Å². The van der Waals surface area contributed by atoms with Gasteiger partial charge in [-0.05, 0) is 42.6 Å². The minimum Gasteiger partial charge on any atom is -0.384 e. The first-order valence-corrected chi connectivity index (χ1v) is 12.8. The van der Waals surface area contributed by atoms with Crippen LogP contribution in [0.3, 0.4) is 0 Å². The van der Waals surface area contributed by atoms with Gasteiger partial charge in [-0.15, -0.1) is 11.3 Å². The summed E-state index contributed by atoms with van der Waals surface area (Å²) >= 11 is 7.29. The van der Waals surface area contributed by atoms with E-state index in [9.17, 15) is 12.8 Å². The molecule has 3 aromatic rings. The third kappa shape index (κ3) is 6.63. The summed E-state index contributed by atoms with van der Waals surface area (Å²) in [4.78, 5) is 3.32. The van der Waals surface area contributed by atoms with Crippen molar-refractivity contribution in [2.24, 2.45) is 5.73 Å². The highest BCUT2D eigenvalue weighted by molar-refractivity contribution is 7.93. The number of halogens is 2. The Morgan fingerprint density at radius 2 is 1.88 bits per heavy atom. The van der Waals surface area contributed by atoms with Gasteiger partial charge in [0, 0.05) is 31.2 Å². The quantitative estimate of drug-likeness (QED) is 0.279. The van der Waals surface area contributed by atoms with E-state index in [2.05, 4.69) is 26.4 Å². The molecule has 2 aromatic carbocycles. The van der Waals surface area contributed by atoms with Crippen LogP contribution in [0.25, 0.3) is 0 Å². The molecule has 0 spiro atoms. The van der Waals surface area contributed by atoms with E-state index < -0.39 is 20.7 Å². The summed E-state index contributed by atoms with van der Waals surface area (Å²) in [6.07, 6.45) is 3.19. The van der Waals surface area contributed by atoms with Gasteiger partial charge in [-0.3, -0.25) is 4.72 Å². The van der Waals surface area contributed by atoms with E-state index in [-0.39, 0.29) is 10.2 Å². The lowest BCUT2D eigenvalue weighted by Crippen LogP contribution is -2.17. The first-order valence-electron chi connectivity index (χ1n) is 10.0. The zero-order valence-electron chi connectivity index (χ0n) is 17.3. The topological polar surface area (TPSA) is 109 Å². The highest BCUT2D eigenvalue weighted by Gasteiger charge is 2.22. The first-order chi connectivity index (χ1) is 15.4. The number of hydrogen-bond acceptors (Lipinski definition) is 7. The zero-order chi connectivity index (χ0) is 23.0. The zero-order valence-corrected chi connectivity index (χ0v) is 19.7. The number of anilines is 2. The molecule has 32 heavy (non-hydrogen) atoms. The van der Waals surface area contributed by atoms with Crippen LogP contribution >= 0.6 is 22.9 Å². The van der Waals surface area contributed by atoms with Crippen molar-refractivity contribution in [3.63, 3.8) is 0 Å². The van der Waals surface area contributed by atoms with Crippen LogP contribution in [0.1, 0.15) is 24.0 Å². The number of sulfonamides is 1. The van der Waals surface area contributed by atoms with Gasteiger partial charge in [0.15, 0.2) is 5.13 Å². The molecule has 0 saturated carbocycles. The molecule has 7 nitrogen and oxygen atoms in total.